The normalized spacial score (nSPS) is 19.7. The molecule has 26 heavy (non-hydrogen) atoms. The summed E-state index contributed by atoms with van der Waals surface area (Å²) in [5, 5.41) is 2.72. The molecule has 0 saturated carbocycles. The van der Waals surface area contributed by atoms with Gasteiger partial charge in [0.1, 0.15) is 5.54 Å². The molecule has 1 saturated heterocycles. The number of thiophene rings is 1. The molecule has 1 aliphatic rings. The van der Waals surface area contributed by atoms with Crippen LogP contribution in [-0.2, 0) is 16.8 Å². The summed E-state index contributed by atoms with van der Waals surface area (Å²) in [4.78, 5) is 39.0. The molecular formula is C19H19ClN2O3S. The minimum atomic E-state index is -1.17. The van der Waals surface area contributed by atoms with Crippen LogP contribution in [0.3, 0.4) is 0 Å². The minimum absolute atomic E-state index is 0.301. The Hall–Kier alpha value is -2.18. The average molecular weight is 391 g/mol. The van der Waals surface area contributed by atoms with Crippen molar-refractivity contribution in [2.75, 3.05) is 6.54 Å². The molecular weight excluding hydrogens is 372 g/mol. The zero-order valence-electron chi connectivity index (χ0n) is 14.5. The van der Waals surface area contributed by atoms with Crippen LogP contribution in [0.15, 0.2) is 36.4 Å². The van der Waals surface area contributed by atoms with Crippen molar-refractivity contribution in [1.82, 2.24) is 10.2 Å². The van der Waals surface area contributed by atoms with Crippen molar-refractivity contribution in [3.8, 4) is 0 Å². The van der Waals surface area contributed by atoms with Gasteiger partial charge in [-0.2, -0.15) is 0 Å². The Morgan fingerprint density at radius 1 is 1.19 bits per heavy atom. The molecule has 1 N–H and O–H groups in total. The number of benzene rings is 1. The van der Waals surface area contributed by atoms with Crippen LogP contribution >= 0.6 is 22.9 Å². The van der Waals surface area contributed by atoms with E-state index in [2.05, 4.69) is 12.2 Å². The number of imide groups is 1. The van der Waals surface area contributed by atoms with Crippen LogP contribution in [0.25, 0.3) is 0 Å². The first-order valence-corrected chi connectivity index (χ1v) is 9.56. The highest BCUT2D eigenvalue weighted by molar-refractivity contribution is 7.18. The van der Waals surface area contributed by atoms with Crippen molar-refractivity contribution in [3.63, 3.8) is 0 Å². The third kappa shape index (κ3) is 3.39. The molecule has 0 radical (unpaired) electrons. The summed E-state index contributed by atoms with van der Waals surface area (Å²) in [7, 11) is 0. The molecule has 1 aromatic heterocycles. The predicted molar refractivity (Wildman–Crippen MR) is 102 cm³/mol. The van der Waals surface area contributed by atoms with E-state index in [1.165, 1.54) is 5.56 Å². The van der Waals surface area contributed by atoms with Crippen LogP contribution < -0.4 is 5.32 Å². The topological polar surface area (TPSA) is 66.5 Å². The second kappa shape index (κ2) is 7.21. The molecule has 5 nitrogen and oxygen atoms in total. The van der Waals surface area contributed by atoms with Gasteiger partial charge in [0.05, 0.1) is 15.8 Å². The van der Waals surface area contributed by atoms with Gasteiger partial charge in [-0.1, -0.05) is 49.2 Å². The molecule has 0 bridgehead atoms. The maximum absolute atomic E-state index is 12.9. The lowest BCUT2D eigenvalue weighted by molar-refractivity contribution is -0.130. The maximum Gasteiger partial charge on any atom is 0.325 e. The average Bonchev–Trinajstić information content (AvgIpc) is 3.13. The van der Waals surface area contributed by atoms with E-state index >= 15 is 0 Å². The number of rotatable bonds is 6. The smallest absolute Gasteiger partial charge is 0.319 e. The van der Waals surface area contributed by atoms with Crippen LogP contribution in [0.1, 0.15) is 41.1 Å². The molecule has 1 aromatic carbocycles. The molecule has 7 heteroatoms. The lowest BCUT2D eigenvalue weighted by Crippen LogP contribution is -2.41. The van der Waals surface area contributed by atoms with Crippen molar-refractivity contribution < 1.29 is 14.4 Å². The summed E-state index contributed by atoms with van der Waals surface area (Å²) >= 11 is 6.98. The number of halogens is 1. The number of nitrogens with one attached hydrogen (secondary N) is 1. The van der Waals surface area contributed by atoms with E-state index in [9.17, 15) is 14.4 Å². The van der Waals surface area contributed by atoms with Crippen LogP contribution in [0.5, 0.6) is 0 Å². The van der Waals surface area contributed by atoms with E-state index < -0.39 is 17.5 Å². The zero-order valence-corrected chi connectivity index (χ0v) is 16.1. The summed E-state index contributed by atoms with van der Waals surface area (Å²) in [6.07, 6.45) is 2.00. The first kappa shape index (κ1) is 18.6. The summed E-state index contributed by atoms with van der Waals surface area (Å²) in [5.41, 5.74) is 0.706. The summed E-state index contributed by atoms with van der Waals surface area (Å²) < 4.78 is 0.488. The fourth-order valence-corrected chi connectivity index (χ4v) is 3.99. The first-order valence-electron chi connectivity index (χ1n) is 8.37. The Morgan fingerprint density at radius 2 is 1.88 bits per heavy atom. The fourth-order valence-electron chi connectivity index (χ4n) is 3.02. The number of aryl methyl sites for hydroxylation is 1. The number of hydrogen-bond acceptors (Lipinski definition) is 4. The van der Waals surface area contributed by atoms with Crippen molar-refractivity contribution in [3.05, 3.63) is 56.7 Å². The Kier molecular flexibility index (Phi) is 5.16. The monoisotopic (exact) mass is 390 g/mol. The number of amides is 3. The highest BCUT2D eigenvalue weighted by Gasteiger charge is 2.49. The third-order valence-corrected chi connectivity index (χ3v) is 5.77. The van der Waals surface area contributed by atoms with Gasteiger partial charge < -0.3 is 5.32 Å². The third-order valence-electron chi connectivity index (χ3n) is 4.49. The Morgan fingerprint density at radius 3 is 2.46 bits per heavy atom. The molecule has 2 heterocycles. The zero-order chi connectivity index (χ0) is 18.9. The largest absolute Gasteiger partial charge is 0.325 e. The Labute approximate surface area is 161 Å². The Balaban J connectivity index is 1.80. The molecule has 136 valence electrons. The number of hydrogen-bond donors (Lipinski definition) is 1. The van der Waals surface area contributed by atoms with Gasteiger partial charge in [0.25, 0.3) is 5.91 Å². The molecule has 1 fully saturated rings. The Bertz CT molecular complexity index is 862. The second-order valence-electron chi connectivity index (χ2n) is 6.42. The quantitative estimate of drug-likeness (QED) is 0.598. The van der Waals surface area contributed by atoms with Gasteiger partial charge >= 0.3 is 6.03 Å². The molecule has 0 spiro atoms. The standard InChI is InChI=1S/C19H19ClN2O3S/c1-3-4-12-5-7-13(8-6-12)19(2)17(24)22(18(25)21-19)11-14(23)15-9-10-16(20)26-15/h5-10H,3-4,11H2,1-2H3,(H,21,25)/t19-/m0/s1. The van der Waals surface area contributed by atoms with Crippen LogP contribution in [-0.4, -0.2) is 29.2 Å². The van der Waals surface area contributed by atoms with E-state index in [-0.39, 0.29) is 12.3 Å². The van der Waals surface area contributed by atoms with E-state index in [4.69, 9.17) is 11.6 Å². The maximum atomic E-state index is 12.9. The van der Waals surface area contributed by atoms with Crippen molar-refractivity contribution in [1.29, 1.82) is 0 Å². The van der Waals surface area contributed by atoms with Gasteiger partial charge in [-0.3, -0.25) is 14.5 Å². The van der Waals surface area contributed by atoms with E-state index in [0.29, 0.717) is 14.8 Å². The van der Waals surface area contributed by atoms with Crippen LogP contribution in [0.2, 0.25) is 4.34 Å². The molecule has 3 amide bonds. The van der Waals surface area contributed by atoms with Crippen LogP contribution in [0.4, 0.5) is 4.79 Å². The summed E-state index contributed by atoms with van der Waals surface area (Å²) in [5.74, 6) is -0.741. The van der Waals surface area contributed by atoms with Crippen molar-refractivity contribution >= 4 is 40.7 Å². The van der Waals surface area contributed by atoms with Crippen molar-refractivity contribution in [2.45, 2.75) is 32.2 Å². The summed E-state index contributed by atoms with van der Waals surface area (Å²) in [6, 6.07) is 10.3. The van der Waals surface area contributed by atoms with E-state index in [1.54, 1.807) is 19.1 Å². The number of nitrogens with zero attached hydrogens (tertiary/aromatic N) is 1. The lowest BCUT2D eigenvalue weighted by atomic mass is 9.91. The SMILES string of the molecule is CCCc1ccc([C@]2(C)NC(=O)N(CC(=O)c3ccc(Cl)s3)C2=O)cc1. The van der Waals surface area contributed by atoms with Gasteiger partial charge in [-0.05, 0) is 36.6 Å². The van der Waals surface area contributed by atoms with Gasteiger partial charge in [0.15, 0.2) is 5.78 Å². The predicted octanol–water partition coefficient (Wildman–Crippen LogP) is 4.00. The van der Waals surface area contributed by atoms with E-state index in [1.807, 2.05) is 24.3 Å². The molecule has 3 rings (SSSR count). The molecule has 2 aromatic rings. The highest BCUT2D eigenvalue weighted by Crippen LogP contribution is 2.30. The lowest BCUT2D eigenvalue weighted by Gasteiger charge is -2.22. The van der Waals surface area contributed by atoms with Crippen molar-refractivity contribution in [2.24, 2.45) is 0 Å². The van der Waals surface area contributed by atoms with Gasteiger partial charge in [-0.25, -0.2) is 4.79 Å². The molecule has 1 aliphatic heterocycles. The fraction of sp³-hybridized carbons (Fsp3) is 0.316. The molecule has 0 unspecified atom stereocenters. The molecule has 0 aliphatic carbocycles. The molecule has 1 atom stereocenters. The van der Waals surface area contributed by atoms with Gasteiger partial charge in [-0.15, -0.1) is 11.3 Å². The second-order valence-corrected chi connectivity index (χ2v) is 8.14. The highest BCUT2D eigenvalue weighted by atomic mass is 35.5. The number of urea groups is 1. The van der Waals surface area contributed by atoms with E-state index in [0.717, 1.165) is 29.1 Å². The first-order chi connectivity index (χ1) is 12.3. The number of carbonyl (C=O) groups is 3. The summed E-state index contributed by atoms with van der Waals surface area (Å²) in [6.45, 7) is 3.46. The number of carbonyl (C=O) groups excluding carboxylic acids is 3. The number of Topliss-reactive ketones (excluding diaryl/α,β-unsaturated/α-hetero) is 1. The van der Waals surface area contributed by atoms with Crippen LogP contribution in [0, 0.1) is 0 Å². The van der Waals surface area contributed by atoms with Gasteiger partial charge in [0.2, 0.25) is 0 Å². The minimum Gasteiger partial charge on any atom is -0.319 e. The van der Waals surface area contributed by atoms with Gasteiger partial charge in [0, 0.05) is 0 Å². The number of ketones is 1.